The van der Waals surface area contributed by atoms with Crippen LogP contribution in [0.3, 0.4) is 0 Å². The molecular weight excluding hydrogens is 478 g/mol. The second kappa shape index (κ2) is 14.1. The molecule has 0 unspecified atom stereocenters. The molecule has 2 N–H and O–H groups in total. The Morgan fingerprint density at radius 2 is 1.79 bits per heavy atom. The van der Waals surface area contributed by atoms with Crippen LogP contribution in [0.25, 0.3) is 0 Å². The molecule has 6 heteroatoms. The largest absolute Gasteiger partial charge is 0.491 e. The van der Waals surface area contributed by atoms with Crippen LogP contribution in [0.5, 0.6) is 5.75 Å². The van der Waals surface area contributed by atoms with Crippen molar-refractivity contribution in [3.05, 3.63) is 64.7 Å². The van der Waals surface area contributed by atoms with Gasteiger partial charge in [0.15, 0.2) is 0 Å². The van der Waals surface area contributed by atoms with Gasteiger partial charge in [0.1, 0.15) is 5.75 Å². The number of hydrogen-bond acceptors (Lipinski definition) is 6. The number of aliphatic hydroxyl groups excluding tert-OH is 1. The molecule has 38 heavy (non-hydrogen) atoms. The van der Waals surface area contributed by atoms with Crippen LogP contribution in [-0.2, 0) is 33.5 Å². The van der Waals surface area contributed by atoms with Crippen molar-refractivity contribution < 1.29 is 24.1 Å². The van der Waals surface area contributed by atoms with E-state index in [4.69, 9.17) is 14.2 Å². The standard InChI is InChI=1S/C32H47NO5/c1-7-36-31(35)15-13-25-12-14-29(38-22(2)3)18-30(25)23(4)37-21-28(34)20-33-32(5,6)19-24-16-26-10-8-9-11-27(26)17-24/h8-12,14,18,22-24,28,33-34H,7,13,15-17,19-21H2,1-6H3/t23-,28-/m1/s1. The third-order valence-electron chi connectivity index (χ3n) is 7.12. The number of nitrogens with one attached hydrogen (secondary N) is 1. The molecule has 1 aliphatic rings. The van der Waals surface area contributed by atoms with E-state index in [0.29, 0.717) is 31.9 Å². The van der Waals surface area contributed by atoms with Gasteiger partial charge in [-0.1, -0.05) is 30.3 Å². The third-order valence-corrected chi connectivity index (χ3v) is 7.12. The zero-order chi connectivity index (χ0) is 27.7. The van der Waals surface area contributed by atoms with E-state index in [-0.39, 0.29) is 30.3 Å². The molecule has 2 atom stereocenters. The fourth-order valence-electron chi connectivity index (χ4n) is 5.38. The highest BCUT2D eigenvalue weighted by molar-refractivity contribution is 5.69. The summed E-state index contributed by atoms with van der Waals surface area (Å²) in [6.45, 7) is 13.2. The van der Waals surface area contributed by atoms with Crippen LogP contribution in [0.4, 0.5) is 0 Å². The summed E-state index contributed by atoms with van der Waals surface area (Å²) in [6, 6.07) is 14.6. The Morgan fingerprint density at radius 3 is 2.42 bits per heavy atom. The van der Waals surface area contributed by atoms with Gasteiger partial charge in [0, 0.05) is 18.5 Å². The first-order valence-electron chi connectivity index (χ1n) is 14.1. The number of rotatable bonds is 15. The highest BCUT2D eigenvalue weighted by atomic mass is 16.5. The fraction of sp³-hybridized carbons (Fsp3) is 0.594. The van der Waals surface area contributed by atoms with E-state index in [9.17, 15) is 9.90 Å². The van der Waals surface area contributed by atoms with Gasteiger partial charge in [0.2, 0.25) is 0 Å². The average Bonchev–Trinajstić information content (AvgIpc) is 3.26. The van der Waals surface area contributed by atoms with Crippen molar-refractivity contribution >= 4 is 5.97 Å². The maximum atomic E-state index is 11.9. The number of aryl methyl sites for hydroxylation is 1. The Morgan fingerprint density at radius 1 is 1.11 bits per heavy atom. The molecule has 0 saturated carbocycles. The highest BCUT2D eigenvalue weighted by Crippen LogP contribution is 2.32. The van der Waals surface area contributed by atoms with Gasteiger partial charge in [-0.05, 0) is 108 Å². The first kappa shape index (κ1) is 30.1. The third kappa shape index (κ3) is 9.40. The minimum atomic E-state index is -0.629. The SMILES string of the molecule is CCOC(=O)CCc1ccc(OC(C)C)cc1[C@@H](C)OC[C@H](O)CNC(C)(C)CC1Cc2ccccc2C1. The highest BCUT2D eigenvalue weighted by Gasteiger charge is 2.28. The Bertz CT molecular complexity index is 1010. The topological polar surface area (TPSA) is 77.0 Å². The zero-order valence-corrected chi connectivity index (χ0v) is 24.1. The quantitative estimate of drug-likeness (QED) is 0.296. The molecule has 6 nitrogen and oxygen atoms in total. The molecule has 0 aliphatic heterocycles. The van der Waals surface area contributed by atoms with Crippen LogP contribution in [0.2, 0.25) is 0 Å². The van der Waals surface area contributed by atoms with E-state index in [1.807, 2.05) is 45.9 Å². The molecule has 0 heterocycles. The number of carbonyl (C=O) groups excluding carboxylic acids is 1. The molecule has 0 amide bonds. The predicted octanol–water partition coefficient (Wildman–Crippen LogP) is 5.58. The molecule has 210 valence electrons. The van der Waals surface area contributed by atoms with E-state index in [1.54, 1.807) is 0 Å². The molecule has 0 bridgehead atoms. The molecule has 0 spiro atoms. The summed E-state index contributed by atoms with van der Waals surface area (Å²) in [4.78, 5) is 11.9. The molecular formula is C32H47NO5. The van der Waals surface area contributed by atoms with E-state index in [0.717, 1.165) is 36.1 Å². The van der Waals surface area contributed by atoms with Crippen LogP contribution >= 0.6 is 0 Å². The van der Waals surface area contributed by atoms with Gasteiger partial charge in [-0.3, -0.25) is 4.79 Å². The Kier molecular flexibility index (Phi) is 11.2. The summed E-state index contributed by atoms with van der Waals surface area (Å²) in [7, 11) is 0. The molecule has 0 saturated heterocycles. The maximum Gasteiger partial charge on any atom is 0.306 e. The second-order valence-corrected chi connectivity index (χ2v) is 11.5. The first-order valence-corrected chi connectivity index (χ1v) is 14.1. The fourth-order valence-corrected chi connectivity index (χ4v) is 5.38. The summed E-state index contributed by atoms with van der Waals surface area (Å²) in [6.07, 6.45) is 3.35. The minimum absolute atomic E-state index is 0.0547. The number of carbonyl (C=O) groups is 1. The number of β-amino-alcohol motifs (C(OH)–C–C–N with tert-alkyl or cyclic N) is 1. The van der Waals surface area contributed by atoms with Gasteiger partial charge < -0.3 is 24.6 Å². The summed E-state index contributed by atoms with van der Waals surface area (Å²) in [5, 5.41) is 14.3. The lowest BCUT2D eigenvalue weighted by Crippen LogP contribution is -2.45. The van der Waals surface area contributed by atoms with Gasteiger partial charge in [-0.15, -0.1) is 0 Å². The summed E-state index contributed by atoms with van der Waals surface area (Å²) in [5.74, 6) is 1.18. The van der Waals surface area contributed by atoms with Crippen LogP contribution in [0, 0.1) is 5.92 Å². The minimum Gasteiger partial charge on any atom is -0.491 e. The number of esters is 1. The van der Waals surface area contributed by atoms with Crippen molar-refractivity contribution in [2.75, 3.05) is 19.8 Å². The monoisotopic (exact) mass is 525 g/mol. The molecule has 2 aromatic rings. The van der Waals surface area contributed by atoms with E-state index >= 15 is 0 Å². The van der Waals surface area contributed by atoms with Gasteiger partial charge in [-0.25, -0.2) is 0 Å². The molecule has 0 radical (unpaired) electrons. The lowest BCUT2D eigenvalue weighted by molar-refractivity contribution is -0.143. The van der Waals surface area contributed by atoms with Gasteiger partial charge in [0.05, 0.1) is 31.5 Å². The molecule has 0 fully saturated rings. The lowest BCUT2D eigenvalue weighted by Gasteiger charge is -2.31. The van der Waals surface area contributed by atoms with E-state index in [1.165, 1.54) is 11.1 Å². The summed E-state index contributed by atoms with van der Waals surface area (Å²) in [5.41, 5.74) is 4.85. The number of ether oxygens (including phenoxy) is 3. The second-order valence-electron chi connectivity index (χ2n) is 11.5. The lowest BCUT2D eigenvalue weighted by atomic mass is 9.88. The van der Waals surface area contributed by atoms with Gasteiger partial charge >= 0.3 is 5.97 Å². The Hall–Kier alpha value is -2.41. The molecule has 3 rings (SSSR count). The molecule has 1 aliphatic carbocycles. The van der Waals surface area contributed by atoms with Crippen molar-refractivity contribution in [3.8, 4) is 5.75 Å². The van der Waals surface area contributed by atoms with Gasteiger partial charge in [-0.2, -0.15) is 0 Å². The van der Waals surface area contributed by atoms with Crippen molar-refractivity contribution in [3.63, 3.8) is 0 Å². The Balaban J connectivity index is 1.52. The van der Waals surface area contributed by atoms with Crippen molar-refractivity contribution in [2.24, 2.45) is 5.92 Å². The van der Waals surface area contributed by atoms with E-state index < -0.39 is 6.10 Å². The number of aliphatic hydroxyl groups is 1. The number of hydrogen-bond donors (Lipinski definition) is 2. The normalized spacial score (nSPS) is 15.4. The van der Waals surface area contributed by atoms with E-state index in [2.05, 4.69) is 43.4 Å². The van der Waals surface area contributed by atoms with Crippen LogP contribution in [0.15, 0.2) is 42.5 Å². The molecule has 0 aromatic heterocycles. The number of benzene rings is 2. The van der Waals surface area contributed by atoms with Crippen LogP contribution < -0.4 is 10.1 Å². The van der Waals surface area contributed by atoms with Crippen molar-refractivity contribution in [2.45, 2.75) is 97.5 Å². The zero-order valence-electron chi connectivity index (χ0n) is 24.1. The van der Waals surface area contributed by atoms with Crippen molar-refractivity contribution in [1.29, 1.82) is 0 Å². The molecule has 2 aromatic carbocycles. The van der Waals surface area contributed by atoms with Gasteiger partial charge in [0.25, 0.3) is 0 Å². The smallest absolute Gasteiger partial charge is 0.306 e. The first-order chi connectivity index (χ1) is 18.1. The predicted molar refractivity (Wildman–Crippen MR) is 152 cm³/mol. The van der Waals surface area contributed by atoms with Crippen molar-refractivity contribution in [1.82, 2.24) is 5.32 Å². The van der Waals surface area contributed by atoms with Crippen LogP contribution in [-0.4, -0.2) is 48.6 Å². The maximum absolute atomic E-state index is 11.9. The Labute approximate surface area is 229 Å². The summed E-state index contributed by atoms with van der Waals surface area (Å²) >= 11 is 0. The number of fused-ring (bicyclic) bond motifs is 1. The average molecular weight is 526 g/mol. The summed E-state index contributed by atoms with van der Waals surface area (Å²) < 4.78 is 17.1. The van der Waals surface area contributed by atoms with Crippen LogP contribution in [0.1, 0.15) is 82.7 Å².